The molecule has 0 rings (SSSR count). The molecule has 0 aliphatic carbocycles. The van der Waals surface area contributed by atoms with Crippen LogP contribution in [0.3, 0.4) is 0 Å². The van der Waals surface area contributed by atoms with Crippen LogP contribution in [0.25, 0.3) is 0 Å². The zero-order valence-electron chi connectivity index (χ0n) is 13.3. The van der Waals surface area contributed by atoms with E-state index in [-0.39, 0.29) is 0 Å². The largest absolute Gasteiger partial charge is 0.0925 e. The van der Waals surface area contributed by atoms with Crippen LogP contribution in [0.5, 0.6) is 0 Å². The maximum Gasteiger partial charge on any atom is 0.00659 e. The van der Waals surface area contributed by atoms with Crippen molar-refractivity contribution in [2.24, 2.45) is 0 Å². The lowest BCUT2D eigenvalue weighted by Gasteiger charge is -1.98. The Morgan fingerprint density at radius 1 is 0.600 bits per heavy atom. The van der Waals surface area contributed by atoms with E-state index in [1.54, 1.807) is 0 Å². The third-order valence-corrected chi connectivity index (χ3v) is 3.75. The molecular formula is C19H33Br. The average Bonchev–Trinajstić information content (AvgIpc) is 2.47. The van der Waals surface area contributed by atoms with Crippen LogP contribution in [0.1, 0.15) is 77.6 Å². The third-order valence-electron chi connectivity index (χ3n) is 3.29. The number of allylic oxidation sites excluding steroid dienone is 6. The van der Waals surface area contributed by atoms with Crippen LogP contribution < -0.4 is 0 Å². The molecule has 0 aromatic carbocycles. The molecule has 1 heteroatoms. The normalized spacial score (nSPS) is 12.3. The quantitative estimate of drug-likeness (QED) is 0.176. The highest BCUT2D eigenvalue weighted by atomic mass is 79.9. The molecule has 0 fully saturated rings. The van der Waals surface area contributed by atoms with E-state index in [4.69, 9.17) is 0 Å². The van der Waals surface area contributed by atoms with E-state index in [1.165, 1.54) is 51.4 Å². The van der Waals surface area contributed by atoms with Gasteiger partial charge >= 0.3 is 0 Å². The number of alkyl halides is 1. The van der Waals surface area contributed by atoms with Crippen LogP contribution in [0, 0.1) is 0 Å². The minimum Gasteiger partial charge on any atom is -0.0925 e. The summed E-state index contributed by atoms with van der Waals surface area (Å²) >= 11 is 3.42. The molecule has 0 spiro atoms. The number of hydrogen-bond donors (Lipinski definition) is 0. The number of hydrogen-bond acceptors (Lipinski definition) is 0. The predicted octanol–water partition coefficient (Wildman–Crippen LogP) is 7.36. The topological polar surface area (TPSA) is 0 Å². The molecule has 0 aromatic heterocycles. The van der Waals surface area contributed by atoms with Gasteiger partial charge in [0.05, 0.1) is 0 Å². The summed E-state index contributed by atoms with van der Waals surface area (Å²) in [6, 6.07) is 0. The van der Waals surface area contributed by atoms with Gasteiger partial charge in [-0.25, -0.2) is 0 Å². The smallest absolute Gasteiger partial charge is 0.00659 e. The van der Waals surface area contributed by atoms with E-state index in [2.05, 4.69) is 59.3 Å². The summed E-state index contributed by atoms with van der Waals surface area (Å²) in [5, 5.41) is 1.06. The highest BCUT2D eigenvalue weighted by molar-refractivity contribution is 9.09. The molecule has 0 unspecified atom stereocenters. The predicted molar refractivity (Wildman–Crippen MR) is 97.7 cm³/mol. The van der Waals surface area contributed by atoms with E-state index in [1.807, 2.05) is 0 Å². The molecule has 0 radical (unpaired) electrons. The summed E-state index contributed by atoms with van der Waals surface area (Å²) in [7, 11) is 0. The second-order valence-corrected chi connectivity index (χ2v) is 6.07. The second kappa shape index (κ2) is 18.7. The lowest BCUT2D eigenvalue weighted by molar-refractivity contribution is 0.592. The Bertz CT molecular complexity index is 250. The zero-order chi connectivity index (χ0) is 14.7. The molecule has 0 atom stereocenters. The molecule has 0 aromatic rings. The molecular weight excluding hydrogens is 308 g/mol. The van der Waals surface area contributed by atoms with E-state index in [9.17, 15) is 0 Å². The van der Waals surface area contributed by atoms with Crippen LogP contribution in [-0.4, -0.2) is 5.33 Å². The van der Waals surface area contributed by atoms with Gasteiger partial charge in [0.25, 0.3) is 0 Å². The maximum absolute atomic E-state index is 3.42. The van der Waals surface area contributed by atoms with Crippen LogP contribution in [0.4, 0.5) is 0 Å². The Kier molecular flexibility index (Phi) is 18.4. The molecule has 0 aliphatic rings. The van der Waals surface area contributed by atoms with Gasteiger partial charge < -0.3 is 0 Å². The van der Waals surface area contributed by atoms with Gasteiger partial charge in [0.1, 0.15) is 0 Å². The van der Waals surface area contributed by atoms with Crippen molar-refractivity contribution < 1.29 is 0 Å². The maximum atomic E-state index is 3.42. The van der Waals surface area contributed by atoms with Gasteiger partial charge in [0.15, 0.2) is 0 Å². The Hall–Kier alpha value is -0.300. The van der Waals surface area contributed by atoms with Crippen molar-refractivity contribution in [3.8, 4) is 0 Å². The van der Waals surface area contributed by atoms with Crippen LogP contribution in [0.15, 0.2) is 36.5 Å². The fourth-order valence-electron chi connectivity index (χ4n) is 2.06. The standard InChI is InChI=1S/C19H33Br/c1-2-3-4-5-6-7-8-9-10-11-12-13-14-15-16-17-18-19-20/h10-11,13-14,16-17H,2-9,12,15,18-19H2,1H3/b11-10-,14-13-,17-16-. The van der Waals surface area contributed by atoms with Crippen molar-refractivity contribution in [3.05, 3.63) is 36.5 Å². The van der Waals surface area contributed by atoms with Crippen molar-refractivity contribution in [1.29, 1.82) is 0 Å². The zero-order valence-corrected chi connectivity index (χ0v) is 14.9. The molecule has 20 heavy (non-hydrogen) atoms. The highest BCUT2D eigenvalue weighted by Gasteiger charge is 1.88. The molecule has 0 aliphatic heterocycles. The van der Waals surface area contributed by atoms with Crippen molar-refractivity contribution in [1.82, 2.24) is 0 Å². The highest BCUT2D eigenvalue weighted by Crippen LogP contribution is 2.08. The minimum atomic E-state index is 1.06. The average molecular weight is 341 g/mol. The first kappa shape index (κ1) is 19.7. The Balaban J connectivity index is 3.21. The summed E-state index contributed by atoms with van der Waals surface area (Å²) in [4.78, 5) is 0. The van der Waals surface area contributed by atoms with Crippen molar-refractivity contribution >= 4 is 15.9 Å². The van der Waals surface area contributed by atoms with Gasteiger partial charge in [0.2, 0.25) is 0 Å². The summed E-state index contributed by atoms with van der Waals surface area (Å²) in [6.45, 7) is 2.28. The van der Waals surface area contributed by atoms with Gasteiger partial charge in [-0.2, -0.15) is 0 Å². The second-order valence-electron chi connectivity index (χ2n) is 5.27. The molecule has 0 amide bonds. The third kappa shape index (κ3) is 17.7. The lowest BCUT2D eigenvalue weighted by atomic mass is 10.1. The molecule has 0 saturated carbocycles. The lowest BCUT2D eigenvalue weighted by Crippen LogP contribution is -1.78. The van der Waals surface area contributed by atoms with Gasteiger partial charge in [-0.05, 0) is 32.1 Å². The first-order valence-corrected chi connectivity index (χ1v) is 9.55. The van der Waals surface area contributed by atoms with Crippen molar-refractivity contribution in [3.63, 3.8) is 0 Å². The van der Waals surface area contributed by atoms with Crippen LogP contribution >= 0.6 is 15.9 Å². The minimum absolute atomic E-state index is 1.06. The van der Waals surface area contributed by atoms with Gasteiger partial charge in [-0.1, -0.05) is 97.8 Å². The SMILES string of the molecule is CCCCCCCCC/C=C\C/C=C\C/C=C\CCBr. The summed E-state index contributed by atoms with van der Waals surface area (Å²) < 4.78 is 0. The summed E-state index contributed by atoms with van der Waals surface area (Å²) in [6.07, 6.45) is 28.0. The van der Waals surface area contributed by atoms with E-state index < -0.39 is 0 Å². The van der Waals surface area contributed by atoms with Crippen molar-refractivity contribution in [2.45, 2.75) is 77.6 Å². The number of unbranched alkanes of at least 4 members (excludes halogenated alkanes) is 7. The summed E-state index contributed by atoms with van der Waals surface area (Å²) in [5.41, 5.74) is 0. The van der Waals surface area contributed by atoms with E-state index in [0.717, 1.165) is 24.6 Å². The van der Waals surface area contributed by atoms with Gasteiger partial charge in [-0.3, -0.25) is 0 Å². The Labute approximate surface area is 135 Å². The van der Waals surface area contributed by atoms with Gasteiger partial charge in [0, 0.05) is 5.33 Å². The number of halogens is 1. The molecule has 0 saturated heterocycles. The first-order valence-electron chi connectivity index (χ1n) is 8.42. The molecule has 116 valence electrons. The fraction of sp³-hybridized carbons (Fsp3) is 0.684. The molecule has 0 bridgehead atoms. The Morgan fingerprint density at radius 2 is 1.10 bits per heavy atom. The van der Waals surface area contributed by atoms with E-state index >= 15 is 0 Å². The van der Waals surface area contributed by atoms with Crippen LogP contribution in [-0.2, 0) is 0 Å². The van der Waals surface area contributed by atoms with Crippen molar-refractivity contribution in [2.75, 3.05) is 5.33 Å². The van der Waals surface area contributed by atoms with Gasteiger partial charge in [-0.15, -0.1) is 0 Å². The summed E-state index contributed by atoms with van der Waals surface area (Å²) in [5.74, 6) is 0. The van der Waals surface area contributed by atoms with Crippen LogP contribution in [0.2, 0.25) is 0 Å². The first-order chi connectivity index (χ1) is 9.91. The van der Waals surface area contributed by atoms with E-state index in [0.29, 0.717) is 0 Å². The Morgan fingerprint density at radius 3 is 1.70 bits per heavy atom. The molecule has 0 heterocycles. The molecule has 0 N–H and O–H groups in total. The fourth-order valence-corrected chi connectivity index (χ4v) is 2.32. The monoisotopic (exact) mass is 340 g/mol. The molecule has 0 nitrogen and oxygen atoms in total. The number of rotatable bonds is 14.